The van der Waals surface area contributed by atoms with Crippen LogP contribution in [0.1, 0.15) is 32.6 Å². The normalized spacial score (nSPS) is 9.46. The maximum atomic E-state index is 11.5. The molecule has 0 spiro atoms. The van der Waals surface area contributed by atoms with Crippen LogP contribution in [0, 0.1) is 0 Å². The number of hydrogen-bond donors (Lipinski definition) is 0. The lowest BCUT2D eigenvalue weighted by Gasteiger charge is -2.00. The van der Waals surface area contributed by atoms with E-state index in [9.17, 15) is 13.6 Å². The first kappa shape index (κ1) is 12.1. The highest BCUT2D eigenvalue weighted by atomic mass is 19.3. The van der Waals surface area contributed by atoms with Gasteiger partial charge in [-0.3, -0.25) is 4.79 Å². The van der Waals surface area contributed by atoms with Gasteiger partial charge in [-0.1, -0.05) is 19.8 Å². The third-order valence-electron chi connectivity index (χ3n) is 1.47. The summed E-state index contributed by atoms with van der Waals surface area (Å²) in [6.45, 7) is 1.69. The molecule has 0 aromatic heterocycles. The van der Waals surface area contributed by atoms with Gasteiger partial charge in [0.05, 0.1) is 0 Å². The summed E-state index contributed by atoms with van der Waals surface area (Å²) >= 11 is 0. The highest BCUT2D eigenvalue weighted by molar-refractivity contribution is 5.69. The van der Waals surface area contributed by atoms with E-state index in [0.29, 0.717) is 12.5 Å². The van der Waals surface area contributed by atoms with Gasteiger partial charge in [-0.15, -0.1) is 0 Å². The molecule has 0 aromatic carbocycles. The first-order valence-electron chi connectivity index (χ1n) is 4.33. The topological polar surface area (TPSA) is 26.3 Å². The molecule has 2 nitrogen and oxygen atoms in total. The highest BCUT2D eigenvalue weighted by Gasteiger charge is 2.00. The lowest BCUT2D eigenvalue weighted by atomic mass is 10.2. The van der Waals surface area contributed by atoms with E-state index in [4.69, 9.17) is 0 Å². The van der Waals surface area contributed by atoms with E-state index in [0.717, 1.165) is 19.3 Å². The minimum absolute atomic E-state index is 0.315. The van der Waals surface area contributed by atoms with Crippen molar-refractivity contribution in [2.45, 2.75) is 32.6 Å². The predicted molar refractivity (Wildman–Crippen MR) is 45.4 cm³/mol. The van der Waals surface area contributed by atoms with Gasteiger partial charge in [-0.25, -0.2) is 0 Å². The molecule has 4 heteroatoms. The van der Waals surface area contributed by atoms with E-state index >= 15 is 0 Å². The standard InChI is InChI=1S/C9H14F2O2/c1-2-3-4-5-9(12)13-7-6-8(10)11/h6H,2-5,7H2,1H3. The minimum atomic E-state index is -1.82. The second-order valence-electron chi connectivity index (χ2n) is 2.63. The van der Waals surface area contributed by atoms with Gasteiger partial charge in [0.25, 0.3) is 6.08 Å². The molecule has 0 bridgehead atoms. The van der Waals surface area contributed by atoms with Gasteiger partial charge in [0.1, 0.15) is 6.61 Å². The Balaban J connectivity index is 3.36. The Morgan fingerprint density at radius 3 is 2.62 bits per heavy atom. The van der Waals surface area contributed by atoms with Crippen molar-refractivity contribution in [3.8, 4) is 0 Å². The average Bonchev–Trinajstić information content (AvgIpc) is 2.04. The van der Waals surface area contributed by atoms with Crippen LogP contribution in [0.25, 0.3) is 0 Å². The molecule has 76 valence electrons. The second kappa shape index (κ2) is 7.71. The van der Waals surface area contributed by atoms with Gasteiger partial charge in [-0.2, -0.15) is 8.78 Å². The number of hydrogen-bond acceptors (Lipinski definition) is 2. The van der Waals surface area contributed by atoms with Crippen molar-refractivity contribution in [2.24, 2.45) is 0 Å². The van der Waals surface area contributed by atoms with Gasteiger partial charge in [0.15, 0.2) is 0 Å². The Hall–Kier alpha value is -0.930. The van der Waals surface area contributed by atoms with Crippen molar-refractivity contribution < 1.29 is 18.3 Å². The fraction of sp³-hybridized carbons (Fsp3) is 0.667. The summed E-state index contributed by atoms with van der Waals surface area (Å²) in [6, 6.07) is 0. The Labute approximate surface area is 76.6 Å². The summed E-state index contributed by atoms with van der Waals surface area (Å²) < 4.78 is 27.4. The summed E-state index contributed by atoms with van der Waals surface area (Å²) in [5, 5.41) is 0. The van der Waals surface area contributed by atoms with Gasteiger partial charge in [0.2, 0.25) is 0 Å². The zero-order valence-corrected chi connectivity index (χ0v) is 7.69. The number of carbonyl (C=O) groups excluding carboxylic acids is 1. The van der Waals surface area contributed by atoms with Crippen molar-refractivity contribution in [2.75, 3.05) is 6.61 Å². The van der Waals surface area contributed by atoms with E-state index in [1.54, 1.807) is 0 Å². The molecule has 0 N–H and O–H groups in total. The zero-order chi connectivity index (χ0) is 10.1. The van der Waals surface area contributed by atoms with Crippen LogP contribution >= 0.6 is 0 Å². The van der Waals surface area contributed by atoms with Gasteiger partial charge >= 0.3 is 5.97 Å². The molecular formula is C9H14F2O2. The van der Waals surface area contributed by atoms with E-state index in [1.807, 2.05) is 6.92 Å². The van der Waals surface area contributed by atoms with E-state index in [2.05, 4.69) is 4.74 Å². The van der Waals surface area contributed by atoms with Crippen molar-refractivity contribution in [3.05, 3.63) is 12.2 Å². The van der Waals surface area contributed by atoms with E-state index in [1.165, 1.54) is 0 Å². The monoisotopic (exact) mass is 192 g/mol. The Bertz CT molecular complexity index is 174. The Morgan fingerprint density at radius 1 is 1.38 bits per heavy atom. The zero-order valence-electron chi connectivity index (χ0n) is 7.69. The van der Waals surface area contributed by atoms with Crippen LogP contribution in [-0.4, -0.2) is 12.6 Å². The lowest BCUT2D eigenvalue weighted by molar-refractivity contribution is -0.142. The number of esters is 1. The maximum absolute atomic E-state index is 11.5. The molecule has 0 saturated heterocycles. The van der Waals surface area contributed by atoms with Crippen molar-refractivity contribution in [3.63, 3.8) is 0 Å². The maximum Gasteiger partial charge on any atom is 0.306 e. The number of unbranched alkanes of at least 4 members (excludes halogenated alkanes) is 2. The molecule has 0 aromatic rings. The fourth-order valence-corrected chi connectivity index (χ4v) is 0.789. The molecule has 0 unspecified atom stereocenters. The third kappa shape index (κ3) is 8.98. The molecule has 0 saturated carbocycles. The summed E-state index contributed by atoms with van der Waals surface area (Å²) in [7, 11) is 0. The molecule has 0 aliphatic carbocycles. The summed E-state index contributed by atoms with van der Waals surface area (Å²) in [5.41, 5.74) is 0. The molecule has 0 atom stereocenters. The smallest absolute Gasteiger partial charge is 0.306 e. The molecule has 0 amide bonds. The Kier molecular flexibility index (Phi) is 7.15. The third-order valence-corrected chi connectivity index (χ3v) is 1.47. The van der Waals surface area contributed by atoms with Crippen LogP contribution in [-0.2, 0) is 9.53 Å². The van der Waals surface area contributed by atoms with Crippen LogP contribution in [0.5, 0.6) is 0 Å². The average molecular weight is 192 g/mol. The Morgan fingerprint density at radius 2 is 2.08 bits per heavy atom. The van der Waals surface area contributed by atoms with E-state index < -0.39 is 12.0 Å². The van der Waals surface area contributed by atoms with Crippen LogP contribution in [0.3, 0.4) is 0 Å². The summed E-state index contributed by atoms with van der Waals surface area (Å²) in [6.07, 6.45) is 1.82. The molecule has 0 radical (unpaired) electrons. The SMILES string of the molecule is CCCCCC(=O)OCC=C(F)F. The van der Waals surface area contributed by atoms with E-state index in [-0.39, 0.29) is 6.61 Å². The van der Waals surface area contributed by atoms with Crippen molar-refractivity contribution in [1.82, 2.24) is 0 Å². The van der Waals surface area contributed by atoms with Gasteiger partial charge in [-0.05, 0) is 6.42 Å². The number of ether oxygens (including phenoxy) is 1. The summed E-state index contributed by atoms with van der Waals surface area (Å²) in [5.74, 6) is -0.411. The van der Waals surface area contributed by atoms with Crippen LogP contribution < -0.4 is 0 Å². The summed E-state index contributed by atoms with van der Waals surface area (Å²) in [4.78, 5) is 10.8. The molecule has 0 aliphatic rings. The minimum Gasteiger partial charge on any atom is -0.461 e. The van der Waals surface area contributed by atoms with Crippen molar-refractivity contribution >= 4 is 5.97 Å². The largest absolute Gasteiger partial charge is 0.461 e. The predicted octanol–water partition coefficient (Wildman–Crippen LogP) is 2.89. The quantitative estimate of drug-likeness (QED) is 0.477. The van der Waals surface area contributed by atoms with Crippen LogP contribution in [0.4, 0.5) is 8.78 Å². The molecule has 13 heavy (non-hydrogen) atoms. The number of halogens is 2. The number of rotatable bonds is 6. The number of carbonyl (C=O) groups is 1. The first-order valence-corrected chi connectivity index (χ1v) is 4.33. The van der Waals surface area contributed by atoms with Gasteiger partial charge in [0, 0.05) is 12.5 Å². The molecule has 0 rings (SSSR count). The highest BCUT2D eigenvalue weighted by Crippen LogP contribution is 2.01. The van der Waals surface area contributed by atoms with Crippen LogP contribution in [0.2, 0.25) is 0 Å². The molecule has 0 aliphatic heterocycles. The molecular weight excluding hydrogens is 178 g/mol. The van der Waals surface area contributed by atoms with Gasteiger partial charge < -0.3 is 4.74 Å². The van der Waals surface area contributed by atoms with Crippen molar-refractivity contribution in [1.29, 1.82) is 0 Å². The molecule has 0 heterocycles. The first-order chi connectivity index (χ1) is 6.16. The fourth-order valence-electron chi connectivity index (χ4n) is 0.789. The van der Waals surface area contributed by atoms with Crippen LogP contribution in [0.15, 0.2) is 12.2 Å². The lowest BCUT2D eigenvalue weighted by Crippen LogP contribution is -2.03. The molecule has 0 fully saturated rings. The second-order valence-corrected chi connectivity index (χ2v) is 2.63.